The van der Waals surface area contributed by atoms with Gasteiger partial charge in [0.25, 0.3) is 0 Å². The molecule has 0 saturated carbocycles. The van der Waals surface area contributed by atoms with Gasteiger partial charge in [-0.3, -0.25) is 9.59 Å². The number of carbonyl (C=O) groups excluding carboxylic acids is 2. The number of carbonyl (C=O) groups is 2. The molecule has 0 unspecified atom stereocenters. The highest BCUT2D eigenvalue weighted by molar-refractivity contribution is 7.89. The van der Waals surface area contributed by atoms with E-state index in [0.717, 1.165) is 24.1 Å². The standard InChI is InChI=1S/C17H23N3O4S/c1-12(17(22)19-8-3-4-9-19)18-25(23,24)15-5-6-16-14(11-15)7-10-20(16)13(2)21/h5-6,11-12,18H,3-4,7-10H2,1-2H3/t12-/m0/s1. The molecule has 0 bridgehead atoms. The second-order valence-electron chi connectivity index (χ2n) is 6.59. The number of nitrogens with zero attached hydrogens (tertiary/aromatic N) is 2. The number of rotatable bonds is 4. The molecular formula is C17H23N3O4S. The smallest absolute Gasteiger partial charge is 0.241 e. The number of fused-ring (bicyclic) bond motifs is 1. The van der Waals surface area contributed by atoms with E-state index in [0.29, 0.717) is 26.1 Å². The van der Waals surface area contributed by atoms with Gasteiger partial charge in [-0.05, 0) is 49.9 Å². The van der Waals surface area contributed by atoms with E-state index < -0.39 is 16.1 Å². The van der Waals surface area contributed by atoms with E-state index in [4.69, 9.17) is 0 Å². The van der Waals surface area contributed by atoms with E-state index in [-0.39, 0.29) is 16.7 Å². The molecule has 7 nitrogen and oxygen atoms in total. The lowest BCUT2D eigenvalue weighted by Gasteiger charge is -2.21. The summed E-state index contributed by atoms with van der Waals surface area (Å²) < 4.78 is 27.7. The van der Waals surface area contributed by atoms with E-state index >= 15 is 0 Å². The molecule has 0 aliphatic carbocycles. The van der Waals surface area contributed by atoms with Crippen LogP contribution in [0, 0.1) is 0 Å². The summed E-state index contributed by atoms with van der Waals surface area (Å²) in [7, 11) is -3.79. The predicted molar refractivity (Wildman–Crippen MR) is 93.8 cm³/mol. The van der Waals surface area contributed by atoms with Crippen molar-refractivity contribution in [2.75, 3.05) is 24.5 Å². The summed E-state index contributed by atoms with van der Waals surface area (Å²) in [5.74, 6) is -0.248. The molecule has 1 fully saturated rings. The van der Waals surface area contributed by atoms with Gasteiger partial charge in [0.1, 0.15) is 0 Å². The molecule has 8 heteroatoms. The van der Waals surface area contributed by atoms with Gasteiger partial charge in [-0.25, -0.2) is 8.42 Å². The first-order valence-electron chi connectivity index (χ1n) is 8.52. The first-order valence-corrected chi connectivity index (χ1v) is 10.00. The van der Waals surface area contributed by atoms with Crippen LogP contribution in [0.15, 0.2) is 23.1 Å². The van der Waals surface area contributed by atoms with Crippen LogP contribution in [0.1, 0.15) is 32.3 Å². The van der Waals surface area contributed by atoms with Crippen LogP contribution < -0.4 is 9.62 Å². The van der Waals surface area contributed by atoms with E-state index in [1.807, 2.05) is 0 Å². The molecule has 2 aliphatic rings. The topological polar surface area (TPSA) is 86.8 Å². The van der Waals surface area contributed by atoms with Crippen LogP contribution in [0.5, 0.6) is 0 Å². The summed E-state index contributed by atoms with van der Waals surface area (Å²) >= 11 is 0. The van der Waals surface area contributed by atoms with Gasteiger partial charge in [-0.2, -0.15) is 4.72 Å². The van der Waals surface area contributed by atoms with Crippen molar-refractivity contribution in [2.45, 2.75) is 44.0 Å². The summed E-state index contributed by atoms with van der Waals surface area (Å²) in [6.45, 7) is 5.00. The number of anilines is 1. The monoisotopic (exact) mass is 365 g/mol. The highest BCUT2D eigenvalue weighted by Gasteiger charge is 2.29. The fourth-order valence-corrected chi connectivity index (χ4v) is 4.68. The maximum Gasteiger partial charge on any atom is 0.241 e. The Labute approximate surface area is 148 Å². The Morgan fingerprint density at radius 3 is 2.48 bits per heavy atom. The number of benzene rings is 1. The molecule has 136 valence electrons. The molecule has 1 atom stereocenters. The summed E-state index contributed by atoms with van der Waals surface area (Å²) in [5, 5.41) is 0. The molecule has 3 rings (SSSR count). The minimum atomic E-state index is -3.79. The third kappa shape index (κ3) is 3.55. The van der Waals surface area contributed by atoms with Gasteiger partial charge in [0.15, 0.2) is 0 Å². The van der Waals surface area contributed by atoms with Crippen molar-refractivity contribution in [3.8, 4) is 0 Å². The number of amides is 2. The number of hydrogen-bond acceptors (Lipinski definition) is 4. The Morgan fingerprint density at radius 2 is 1.84 bits per heavy atom. The zero-order valence-electron chi connectivity index (χ0n) is 14.5. The normalized spacial score (nSPS) is 18.3. The summed E-state index contributed by atoms with van der Waals surface area (Å²) in [6, 6.07) is 3.93. The Balaban J connectivity index is 1.76. The summed E-state index contributed by atoms with van der Waals surface area (Å²) in [6.07, 6.45) is 2.55. The lowest BCUT2D eigenvalue weighted by molar-refractivity contribution is -0.131. The largest absolute Gasteiger partial charge is 0.341 e. The van der Waals surface area contributed by atoms with Gasteiger partial charge in [0.05, 0.1) is 10.9 Å². The van der Waals surface area contributed by atoms with Gasteiger partial charge in [-0.15, -0.1) is 0 Å². The second kappa shape index (κ2) is 6.76. The van der Waals surface area contributed by atoms with Crippen LogP contribution >= 0.6 is 0 Å². The van der Waals surface area contributed by atoms with Gasteiger partial charge in [0, 0.05) is 32.2 Å². The number of sulfonamides is 1. The van der Waals surface area contributed by atoms with Crippen molar-refractivity contribution in [3.63, 3.8) is 0 Å². The highest BCUT2D eigenvalue weighted by atomic mass is 32.2. The molecule has 1 N–H and O–H groups in total. The highest BCUT2D eigenvalue weighted by Crippen LogP contribution is 2.30. The maximum absolute atomic E-state index is 12.6. The first-order chi connectivity index (χ1) is 11.8. The second-order valence-corrected chi connectivity index (χ2v) is 8.30. The minimum Gasteiger partial charge on any atom is -0.341 e. The third-order valence-corrected chi connectivity index (χ3v) is 6.30. The van der Waals surface area contributed by atoms with Gasteiger partial charge >= 0.3 is 0 Å². The lowest BCUT2D eigenvalue weighted by Crippen LogP contribution is -2.45. The molecule has 1 aromatic carbocycles. The SMILES string of the molecule is CC(=O)N1CCc2cc(S(=O)(=O)N[C@@H](C)C(=O)N3CCCC3)ccc21. The van der Waals surface area contributed by atoms with Crippen LogP contribution in [-0.4, -0.2) is 50.8 Å². The van der Waals surface area contributed by atoms with Gasteiger partial charge in [-0.1, -0.05) is 0 Å². The molecule has 2 aliphatic heterocycles. The molecule has 0 radical (unpaired) electrons. The van der Waals surface area contributed by atoms with Crippen LogP contribution in [0.3, 0.4) is 0 Å². The van der Waals surface area contributed by atoms with Crippen molar-refractivity contribution in [2.24, 2.45) is 0 Å². The van der Waals surface area contributed by atoms with Crippen molar-refractivity contribution >= 4 is 27.5 Å². The number of nitrogens with one attached hydrogen (secondary N) is 1. The fraction of sp³-hybridized carbons (Fsp3) is 0.529. The fourth-order valence-electron chi connectivity index (χ4n) is 3.43. The molecule has 1 aromatic rings. The average molecular weight is 365 g/mol. The Kier molecular flexibility index (Phi) is 4.83. The Hall–Kier alpha value is -1.93. The van der Waals surface area contributed by atoms with Gasteiger partial charge < -0.3 is 9.80 Å². The number of hydrogen-bond donors (Lipinski definition) is 1. The van der Waals surface area contributed by atoms with Crippen molar-refractivity contribution in [1.82, 2.24) is 9.62 Å². The van der Waals surface area contributed by atoms with Crippen molar-refractivity contribution in [1.29, 1.82) is 0 Å². The van der Waals surface area contributed by atoms with Crippen LogP contribution in [0.25, 0.3) is 0 Å². The molecule has 0 spiro atoms. The average Bonchev–Trinajstić information content (AvgIpc) is 3.22. The molecular weight excluding hydrogens is 342 g/mol. The Bertz CT molecular complexity index is 800. The lowest BCUT2D eigenvalue weighted by atomic mass is 10.2. The van der Waals surface area contributed by atoms with Crippen LogP contribution in [0.2, 0.25) is 0 Å². The minimum absolute atomic E-state index is 0.0580. The van der Waals surface area contributed by atoms with Crippen LogP contribution in [-0.2, 0) is 26.0 Å². The van der Waals surface area contributed by atoms with Crippen molar-refractivity contribution in [3.05, 3.63) is 23.8 Å². The molecule has 2 amide bonds. The molecule has 0 aromatic heterocycles. The molecule has 25 heavy (non-hydrogen) atoms. The molecule has 2 heterocycles. The first kappa shape index (κ1) is 17.9. The third-order valence-electron chi connectivity index (χ3n) is 4.76. The quantitative estimate of drug-likeness (QED) is 0.858. The van der Waals surface area contributed by atoms with Crippen LogP contribution in [0.4, 0.5) is 5.69 Å². The summed E-state index contributed by atoms with van der Waals surface area (Å²) in [4.78, 5) is 27.4. The molecule has 1 saturated heterocycles. The zero-order chi connectivity index (χ0) is 18.2. The van der Waals surface area contributed by atoms with Gasteiger partial charge in [0.2, 0.25) is 21.8 Å². The predicted octanol–water partition coefficient (Wildman–Crippen LogP) is 0.885. The van der Waals surface area contributed by atoms with E-state index in [9.17, 15) is 18.0 Å². The van der Waals surface area contributed by atoms with E-state index in [2.05, 4.69) is 4.72 Å². The maximum atomic E-state index is 12.6. The van der Waals surface area contributed by atoms with E-state index in [1.165, 1.54) is 13.0 Å². The van der Waals surface area contributed by atoms with E-state index in [1.54, 1.807) is 28.9 Å². The zero-order valence-corrected chi connectivity index (χ0v) is 15.3. The number of likely N-dealkylation sites (tertiary alicyclic amines) is 1. The Morgan fingerprint density at radius 1 is 1.16 bits per heavy atom. The van der Waals surface area contributed by atoms with Crippen molar-refractivity contribution < 1.29 is 18.0 Å². The summed E-state index contributed by atoms with van der Waals surface area (Å²) in [5.41, 5.74) is 1.59.